The third-order valence-corrected chi connectivity index (χ3v) is 4.35. The van der Waals surface area contributed by atoms with E-state index in [2.05, 4.69) is 16.0 Å². The Morgan fingerprint density at radius 2 is 1.30 bits per heavy atom. The number of aliphatic carboxylic acids is 1. The van der Waals surface area contributed by atoms with E-state index in [9.17, 15) is 29.1 Å². The Labute approximate surface area is 175 Å². The number of nitrogens with one attached hydrogen (secondary N) is 3. The van der Waals surface area contributed by atoms with Crippen molar-refractivity contribution in [3.63, 3.8) is 0 Å². The van der Waals surface area contributed by atoms with E-state index in [1.165, 1.54) is 0 Å². The number of amides is 4. The Morgan fingerprint density at radius 1 is 0.800 bits per heavy atom. The van der Waals surface area contributed by atoms with Gasteiger partial charge in [0.25, 0.3) is 0 Å². The zero-order chi connectivity index (χ0) is 23.8. The smallest absolute Gasteiger partial charge is 0.328 e. The van der Waals surface area contributed by atoms with Crippen molar-refractivity contribution in [3.05, 3.63) is 0 Å². The van der Waals surface area contributed by atoms with Crippen LogP contribution in [0.4, 0.5) is 0 Å². The van der Waals surface area contributed by atoms with Gasteiger partial charge >= 0.3 is 5.97 Å². The molecular formula is C18H33N5O7. The van der Waals surface area contributed by atoms with E-state index in [0.29, 0.717) is 0 Å². The molecule has 12 nitrogen and oxygen atoms in total. The summed E-state index contributed by atoms with van der Waals surface area (Å²) in [6, 6.07) is -5.09. The minimum atomic E-state index is -1.66. The van der Waals surface area contributed by atoms with Crippen LogP contribution in [-0.4, -0.2) is 70.1 Å². The van der Waals surface area contributed by atoms with E-state index < -0.39 is 72.2 Å². The van der Waals surface area contributed by atoms with Crippen LogP contribution in [-0.2, 0) is 24.0 Å². The van der Waals surface area contributed by atoms with Gasteiger partial charge in [-0.1, -0.05) is 27.7 Å². The van der Waals surface area contributed by atoms with Crippen molar-refractivity contribution < 1.29 is 34.2 Å². The zero-order valence-corrected chi connectivity index (χ0v) is 17.8. The molecule has 5 unspecified atom stereocenters. The number of aliphatic hydroxyl groups is 1. The molecule has 0 rings (SSSR count). The van der Waals surface area contributed by atoms with E-state index in [4.69, 9.17) is 16.6 Å². The molecule has 0 aromatic carbocycles. The molecule has 172 valence electrons. The molecule has 0 spiro atoms. The van der Waals surface area contributed by atoms with Gasteiger partial charge in [0.15, 0.2) is 6.04 Å². The number of carbonyl (C=O) groups is 5. The number of rotatable bonds is 12. The van der Waals surface area contributed by atoms with E-state index >= 15 is 0 Å². The summed E-state index contributed by atoms with van der Waals surface area (Å²) >= 11 is 0. The Hall–Kier alpha value is -2.73. The Morgan fingerprint density at radius 3 is 1.67 bits per heavy atom. The number of nitrogens with two attached hydrogens (primary N) is 2. The molecule has 30 heavy (non-hydrogen) atoms. The quantitative estimate of drug-likeness (QED) is 0.174. The molecule has 0 saturated heterocycles. The van der Waals surface area contributed by atoms with E-state index in [1.54, 1.807) is 27.7 Å². The SMILES string of the molecule is CC(C)C(N)C(=O)NC(C(=O)NC(CC(N)=O)C(=O)NC(C(=O)O)C(C)O)C(C)C. The molecule has 0 radical (unpaired) electrons. The monoisotopic (exact) mass is 431 g/mol. The first-order valence-corrected chi connectivity index (χ1v) is 9.54. The van der Waals surface area contributed by atoms with Gasteiger partial charge in [0.1, 0.15) is 12.1 Å². The summed E-state index contributed by atoms with van der Waals surface area (Å²) < 4.78 is 0. The van der Waals surface area contributed by atoms with E-state index in [-0.39, 0.29) is 5.92 Å². The highest BCUT2D eigenvalue weighted by atomic mass is 16.4. The Kier molecular flexibility index (Phi) is 11.0. The predicted molar refractivity (Wildman–Crippen MR) is 107 cm³/mol. The highest BCUT2D eigenvalue weighted by molar-refractivity contribution is 5.96. The van der Waals surface area contributed by atoms with Crippen LogP contribution in [0.25, 0.3) is 0 Å². The van der Waals surface area contributed by atoms with Gasteiger partial charge in [-0.15, -0.1) is 0 Å². The Bertz CT molecular complexity index is 651. The maximum Gasteiger partial charge on any atom is 0.328 e. The number of carboxylic acid groups (broad SMARTS) is 1. The first-order valence-electron chi connectivity index (χ1n) is 9.54. The van der Waals surface area contributed by atoms with Crippen molar-refractivity contribution in [3.8, 4) is 0 Å². The van der Waals surface area contributed by atoms with Gasteiger partial charge in [-0.3, -0.25) is 19.2 Å². The van der Waals surface area contributed by atoms with Crippen LogP contribution in [0.5, 0.6) is 0 Å². The molecule has 9 N–H and O–H groups in total. The fourth-order valence-electron chi connectivity index (χ4n) is 2.40. The Balaban J connectivity index is 5.47. The topological polar surface area (TPSA) is 214 Å². The normalized spacial score (nSPS) is 16.2. The molecule has 0 aliphatic heterocycles. The summed E-state index contributed by atoms with van der Waals surface area (Å²) in [5.74, 6) is -5.36. The highest BCUT2D eigenvalue weighted by Crippen LogP contribution is 2.06. The molecule has 0 aliphatic rings. The standard InChI is InChI=1S/C18H33N5O7/c1-7(2)12(20)16(27)22-13(8(3)4)17(28)21-10(6-11(19)25)15(26)23-14(9(5)24)18(29)30/h7-10,12-14,24H,6,20H2,1-5H3,(H2,19,25)(H,21,28)(H,22,27)(H,23,26)(H,29,30). The molecule has 0 bridgehead atoms. The van der Waals surface area contributed by atoms with Crippen LogP contribution in [0.15, 0.2) is 0 Å². The minimum absolute atomic E-state index is 0.178. The van der Waals surface area contributed by atoms with Gasteiger partial charge in [0, 0.05) is 0 Å². The molecule has 5 atom stereocenters. The summed E-state index contributed by atoms with van der Waals surface area (Å²) in [7, 11) is 0. The third-order valence-electron chi connectivity index (χ3n) is 4.35. The lowest BCUT2D eigenvalue weighted by Gasteiger charge is -2.27. The molecule has 0 aromatic rings. The molecule has 12 heteroatoms. The third kappa shape index (κ3) is 8.74. The molecule has 0 aliphatic carbocycles. The van der Waals surface area contributed by atoms with Crippen LogP contribution in [0.3, 0.4) is 0 Å². The lowest BCUT2D eigenvalue weighted by atomic mass is 9.99. The molecule has 0 aromatic heterocycles. The van der Waals surface area contributed by atoms with E-state index in [1.807, 2.05) is 0 Å². The van der Waals surface area contributed by atoms with Gasteiger partial charge < -0.3 is 37.6 Å². The molecular weight excluding hydrogens is 398 g/mol. The van der Waals surface area contributed by atoms with Crippen LogP contribution in [0.2, 0.25) is 0 Å². The summed E-state index contributed by atoms with van der Waals surface area (Å²) in [5.41, 5.74) is 10.9. The molecule has 0 fully saturated rings. The summed E-state index contributed by atoms with van der Waals surface area (Å²) in [6.07, 6.45) is -2.05. The van der Waals surface area contributed by atoms with Gasteiger partial charge in [0.05, 0.1) is 18.6 Å². The summed E-state index contributed by atoms with van der Waals surface area (Å²) in [5, 5.41) is 25.5. The number of carboxylic acids is 1. The average molecular weight is 431 g/mol. The van der Waals surface area contributed by atoms with Gasteiger partial charge in [-0.2, -0.15) is 0 Å². The van der Waals surface area contributed by atoms with Gasteiger partial charge in [-0.05, 0) is 18.8 Å². The fourth-order valence-corrected chi connectivity index (χ4v) is 2.40. The predicted octanol–water partition coefficient (Wildman–Crippen LogP) is -2.58. The van der Waals surface area contributed by atoms with Crippen molar-refractivity contribution in [1.29, 1.82) is 0 Å². The van der Waals surface area contributed by atoms with E-state index in [0.717, 1.165) is 6.92 Å². The number of aliphatic hydroxyl groups excluding tert-OH is 1. The molecule has 0 saturated carbocycles. The zero-order valence-electron chi connectivity index (χ0n) is 17.8. The first-order chi connectivity index (χ1) is 13.7. The second-order valence-corrected chi connectivity index (χ2v) is 7.80. The second-order valence-electron chi connectivity index (χ2n) is 7.80. The highest BCUT2D eigenvalue weighted by Gasteiger charge is 2.33. The lowest BCUT2D eigenvalue weighted by Crippen LogP contribution is -2.60. The van der Waals surface area contributed by atoms with Crippen molar-refractivity contribution in [2.45, 2.75) is 71.3 Å². The van der Waals surface area contributed by atoms with Crippen LogP contribution < -0.4 is 27.4 Å². The van der Waals surface area contributed by atoms with Crippen LogP contribution in [0.1, 0.15) is 41.0 Å². The van der Waals surface area contributed by atoms with Crippen LogP contribution in [0, 0.1) is 11.8 Å². The van der Waals surface area contributed by atoms with Crippen molar-refractivity contribution in [1.82, 2.24) is 16.0 Å². The fraction of sp³-hybridized carbons (Fsp3) is 0.722. The second kappa shape index (κ2) is 12.1. The summed E-state index contributed by atoms with van der Waals surface area (Å²) in [4.78, 5) is 59.9. The van der Waals surface area contributed by atoms with Gasteiger partial charge in [0.2, 0.25) is 23.6 Å². The van der Waals surface area contributed by atoms with Gasteiger partial charge in [-0.25, -0.2) is 4.79 Å². The maximum absolute atomic E-state index is 12.7. The summed E-state index contributed by atoms with van der Waals surface area (Å²) in [6.45, 7) is 7.94. The lowest BCUT2D eigenvalue weighted by molar-refractivity contribution is -0.145. The number of primary amides is 1. The first kappa shape index (κ1) is 27.3. The minimum Gasteiger partial charge on any atom is -0.480 e. The van der Waals surface area contributed by atoms with Crippen molar-refractivity contribution >= 4 is 29.6 Å². The van der Waals surface area contributed by atoms with Crippen molar-refractivity contribution in [2.75, 3.05) is 0 Å². The average Bonchev–Trinajstić information content (AvgIpc) is 2.60. The molecule has 0 heterocycles. The largest absolute Gasteiger partial charge is 0.480 e. The van der Waals surface area contributed by atoms with Crippen LogP contribution >= 0.6 is 0 Å². The molecule has 4 amide bonds. The maximum atomic E-state index is 12.7. The number of hydrogen-bond donors (Lipinski definition) is 7. The van der Waals surface area contributed by atoms with Crippen molar-refractivity contribution in [2.24, 2.45) is 23.3 Å². The number of hydrogen-bond acceptors (Lipinski definition) is 7. The number of carbonyl (C=O) groups excluding carboxylic acids is 4.